The fourth-order valence-electron chi connectivity index (χ4n) is 9.63. The van der Waals surface area contributed by atoms with Crippen LogP contribution in [-0.2, 0) is 47.4 Å². The van der Waals surface area contributed by atoms with E-state index in [4.69, 9.17) is 47.4 Å². The largest absolute Gasteiger partial charge is 0.504 e. The van der Waals surface area contributed by atoms with Crippen LogP contribution in [0.25, 0.3) is 0 Å². The summed E-state index contributed by atoms with van der Waals surface area (Å²) in [6.45, 7) is -2.99. The van der Waals surface area contributed by atoms with Crippen molar-refractivity contribution in [2.75, 3.05) is 13.2 Å². The number of aliphatic hydroxyl groups is 1. The predicted molar refractivity (Wildman–Crippen MR) is 311 cm³/mol. The minimum absolute atomic E-state index is 0.414. The Kier molecular flexibility index (Phi) is 19.8. The topological polar surface area (TPSA) is 657 Å². The van der Waals surface area contributed by atoms with Crippen molar-refractivity contribution in [1.29, 1.82) is 0 Å². The average Bonchev–Trinajstić information content (AvgIpc) is 0.759. The summed E-state index contributed by atoms with van der Waals surface area (Å²) in [5, 5.41) is 229. The molecule has 0 radical (unpaired) electrons. The van der Waals surface area contributed by atoms with Gasteiger partial charge in [0.15, 0.2) is 164 Å². The Balaban J connectivity index is 1.28. The molecule has 22 N–H and O–H groups in total. The molecule has 2 fully saturated rings. The van der Waals surface area contributed by atoms with E-state index >= 15 is 0 Å². The zero-order valence-corrected chi connectivity index (χ0v) is 49.5. The van der Waals surface area contributed by atoms with Crippen molar-refractivity contribution in [1.82, 2.24) is 0 Å². The maximum Gasteiger partial charge on any atom is 0.339 e. The summed E-state index contributed by atoms with van der Waals surface area (Å²) >= 11 is 0. The molecule has 39 nitrogen and oxygen atoms in total. The molecule has 2 aliphatic heterocycles. The van der Waals surface area contributed by atoms with Crippen LogP contribution < -0.4 is 0 Å². The van der Waals surface area contributed by atoms with Gasteiger partial charge in [-0.2, -0.15) is 0 Å². The van der Waals surface area contributed by atoms with Crippen LogP contribution in [0.5, 0.6) is 121 Å². The van der Waals surface area contributed by atoms with Crippen molar-refractivity contribution in [3.8, 4) is 121 Å². The molecule has 7 aromatic carbocycles. The monoisotopic (exact) mass is 1410 g/mol. The smallest absolute Gasteiger partial charge is 0.339 e. The maximum absolute atomic E-state index is 14.7. The van der Waals surface area contributed by atoms with Gasteiger partial charge in [-0.1, -0.05) is 0 Å². The van der Waals surface area contributed by atoms with E-state index in [1.165, 1.54) is 0 Å². The van der Waals surface area contributed by atoms with Crippen molar-refractivity contribution in [2.24, 2.45) is 0 Å². The first-order chi connectivity index (χ1) is 47.0. The first-order valence-electron chi connectivity index (χ1n) is 27.8. The Morgan fingerprint density at radius 1 is 0.260 bits per heavy atom. The van der Waals surface area contributed by atoms with Gasteiger partial charge in [-0.25, -0.2) is 33.6 Å². The molecular weight excluding hydrogens is 1360 g/mol. The third kappa shape index (κ3) is 14.6. The van der Waals surface area contributed by atoms with Gasteiger partial charge in [0.1, 0.15) is 31.5 Å². The Morgan fingerprint density at radius 2 is 0.460 bits per heavy atom. The molecule has 0 amide bonds. The van der Waals surface area contributed by atoms with Crippen molar-refractivity contribution >= 4 is 41.8 Å². The molecule has 10 atom stereocenters. The van der Waals surface area contributed by atoms with Gasteiger partial charge < -0.3 is 160 Å². The minimum Gasteiger partial charge on any atom is -0.504 e. The van der Waals surface area contributed by atoms with Gasteiger partial charge in [0.05, 0.1) is 38.9 Å². The normalized spacial score (nSPS) is 20.2. The Hall–Kier alpha value is -13.5. The molecule has 2 aliphatic rings. The van der Waals surface area contributed by atoms with Gasteiger partial charge in [0, 0.05) is 0 Å². The number of aromatic hydroxyl groups is 21. The Bertz CT molecular complexity index is 4290. The third-order valence-corrected chi connectivity index (χ3v) is 14.6. The standard InChI is InChI=1S/C61H50O39/c62-24-1-17(2-25(63)40(24)76)53(83)91-15-38-48(49(96-56(86)20-7-30(68)43(79)31(69)8-20)51(60(90)93-38)98-58(88)22-11-34(72)45(81)35(73)12-22)100-61-52(99-59(89)23-13-36(74)46(82)37(75)14-23)50(97-57(87)21-9-32(70)44(80)33(71)10-21)47(95-55(85)19-5-28(66)42(78)29(67)6-19)39(94-61)16-92-54(84)18-3-26(64)41(77)27(65)4-18/h1-14,38-39,47-52,60-82,90H,15-16H2/t38-,39-,47+,48-,49+,50+,51-,52-,60+,61+/m1/s1. The number of phenolic OH excluding ortho intramolecular Hbond substituents is 21. The second kappa shape index (κ2) is 28.0. The fourth-order valence-corrected chi connectivity index (χ4v) is 9.63. The van der Waals surface area contributed by atoms with Gasteiger partial charge in [0.2, 0.25) is 0 Å². The molecule has 0 aliphatic carbocycles. The molecular formula is C61H50O39. The molecule has 9 rings (SSSR count). The summed E-state index contributed by atoms with van der Waals surface area (Å²) in [5.41, 5.74) is -6.50. The number of esters is 7. The van der Waals surface area contributed by atoms with Gasteiger partial charge >= 0.3 is 41.8 Å². The highest BCUT2D eigenvalue weighted by Crippen LogP contribution is 2.45. The number of aliphatic hydroxyl groups excluding tert-OH is 1. The van der Waals surface area contributed by atoms with Crippen LogP contribution >= 0.6 is 0 Å². The maximum atomic E-state index is 14.7. The molecule has 2 heterocycles. The van der Waals surface area contributed by atoms with E-state index < -0.39 is 276 Å². The average molecular weight is 1410 g/mol. The summed E-state index contributed by atoms with van der Waals surface area (Å²) < 4.78 is 57.9. The molecule has 2 saturated heterocycles. The van der Waals surface area contributed by atoms with Crippen LogP contribution in [0.4, 0.5) is 0 Å². The highest BCUT2D eigenvalue weighted by molar-refractivity contribution is 5.95. The zero-order valence-electron chi connectivity index (χ0n) is 49.5. The molecule has 100 heavy (non-hydrogen) atoms. The zero-order chi connectivity index (χ0) is 73.4. The molecule has 528 valence electrons. The molecule has 39 heteroatoms. The fraction of sp³-hybridized carbons (Fsp3) is 0.197. The van der Waals surface area contributed by atoms with E-state index in [1.807, 2.05) is 0 Å². The number of phenols is 21. The first kappa shape index (κ1) is 70.8. The minimum atomic E-state index is -2.97. The lowest BCUT2D eigenvalue weighted by atomic mass is 9.95. The number of rotatable bonds is 18. The molecule has 0 saturated carbocycles. The van der Waals surface area contributed by atoms with E-state index in [1.54, 1.807) is 0 Å². The number of hydrogen-bond acceptors (Lipinski definition) is 39. The van der Waals surface area contributed by atoms with Gasteiger partial charge in [-0.3, -0.25) is 0 Å². The number of carbonyl (C=O) groups excluding carboxylic acids is 7. The predicted octanol–water partition coefficient (Wildman–Crippen LogP) is 1.47. The Labute approximate surface area is 552 Å². The van der Waals surface area contributed by atoms with E-state index in [0.29, 0.717) is 84.9 Å². The van der Waals surface area contributed by atoms with Crippen LogP contribution in [0.15, 0.2) is 84.9 Å². The van der Waals surface area contributed by atoms with E-state index in [9.17, 15) is 146 Å². The van der Waals surface area contributed by atoms with Crippen molar-refractivity contribution < 1.29 is 193 Å². The van der Waals surface area contributed by atoms with Crippen LogP contribution in [0.1, 0.15) is 72.5 Å². The van der Waals surface area contributed by atoms with Gasteiger partial charge in [0.25, 0.3) is 0 Å². The lowest BCUT2D eigenvalue weighted by Crippen LogP contribution is -2.67. The second-order valence-electron chi connectivity index (χ2n) is 21.3. The molecule has 7 aromatic rings. The van der Waals surface area contributed by atoms with E-state index in [0.717, 1.165) is 0 Å². The SMILES string of the molecule is O=C(OC[C@H]1O[C@@H](O[C@H]2[C@H](OC(=O)c3cc(O)c(O)c(O)c3)[C@@H](OC(=O)c3cc(O)c(O)c(O)c3)[C@@H](O)O[C@@H]2COC(=O)c2cc(O)c(O)c(O)c2)[C@H](OC(=O)c2cc(O)c(O)c(O)c2)[C@@H](OC(=O)c2cc(O)c(O)c(O)c2)[C@H]1OC(=O)c1cc(O)c(O)c(O)c1)c1cc(O)c(O)c(O)c1. The summed E-state index contributed by atoms with van der Waals surface area (Å²) in [5.74, 6) is -38.0. The molecule has 0 bridgehead atoms. The molecule has 0 aromatic heterocycles. The van der Waals surface area contributed by atoms with Crippen LogP contribution in [-0.4, -0.2) is 229 Å². The van der Waals surface area contributed by atoms with Gasteiger partial charge in [-0.15, -0.1) is 0 Å². The first-order valence-corrected chi connectivity index (χ1v) is 27.8. The van der Waals surface area contributed by atoms with E-state index in [2.05, 4.69) is 0 Å². The molecule has 0 unspecified atom stereocenters. The molecule has 0 spiro atoms. The summed E-state index contributed by atoms with van der Waals surface area (Å²) in [4.78, 5) is 100. The quantitative estimate of drug-likeness (QED) is 0.0329. The number of hydrogen-bond donors (Lipinski definition) is 22. The number of ether oxygens (including phenoxy) is 10. The van der Waals surface area contributed by atoms with Crippen LogP contribution in [0.2, 0.25) is 0 Å². The van der Waals surface area contributed by atoms with Crippen molar-refractivity contribution in [2.45, 2.75) is 61.4 Å². The van der Waals surface area contributed by atoms with Crippen molar-refractivity contribution in [3.63, 3.8) is 0 Å². The highest BCUT2D eigenvalue weighted by Gasteiger charge is 2.58. The van der Waals surface area contributed by atoms with Crippen molar-refractivity contribution in [3.05, 3.63) is 124 Å². The lowest BCUT2D eigenvalue weighted by Gasteiger charge is -2.48. The summed E-state index contributed by atoms with van der Waals surface area (Å²) in [6, 6.07) is 6.48. The Morgan fingerprint density at radius 3 is 0.720 bits per heavy atom. The summed E-state index contributed by atoms with van der Waals surface area (Å²) in [7, 11) is 0. The number of benzene rings is 7. The lowest BCUT2D eigenvalue weighted by molar-refractivity contribution is -0.352. The number of carbonyl (C=O) groups is 7. The highest BCUT2D eigenvalue weighted by atomic mass is 16.8. The van der Waals surface area contributed by atoms with Gasteiger partial charge in [-0.05, 0) is 84.9 Å². The van der Waals surface area contributed by atoms with Crippen LogP contribution in [0, 0.1) is 0 Å². The van der Waals surface area contributed by atoms with Crippen LogP contribution in [0.3, 0.4) is 0 Å². The summed E-state index contributed by atoms with van der Waals surface area (Å²) in [6.07, 6.45) is -27.6. The third-order valence-electron chi connectivity index (χ3n) is 14.6. The van der Waals surface area contributed by atoms with E-state index in [-0.39, 0.29) is 0 Å². The second-order valence-corrected chi connectivity index (χ2v) is 21.3.